The fraction of sp³-hybridized carbons (Fsp3) is 1.00. The number of rotatable bonds is 11. The largest absolute Gasteiger partial charge is 0.0654 e. The molecule has 17 heavy (non-hydrogen) atoms. The van der Waals surface area contributed by atoms with Crippen LogP contribution in [0, 0.1) is 17.8 Å². The smallest absolute Gasteiger partial charge is 0.0386 e. The third-order valence-corrected chi connectivity index (χ3v) is 4.38. The van der Waals surface area contributed by atoms with Crippen LogP contribution >= 0.6 is 0 Å². The van der Waals surface area contributed by atoms with Crippen molar-refractivity contribution in [1.29, 1.82) is 0 Å². The van der Waals surface area contributed by atoms with Gasteiger partial charge in [0.25, 0.3) is 0 Å². The molecule has 0 heteroatoms. The van der Waals surface area contributed by atoms with Gasteiger partial charge < -0.3 is 0 Å². The molecule has 0 aromatic heterocycles. The lowest BCUT2D eigenvalue weighted by Crippen LogP contribution is -2.17. The van der Waals surface area contributed by atoms with Crippen molar-refractivity contribution >= 4 is 0 Å². The Labute approximate surface area is 111 Å². The average Bonchev–Trinajstić information content (AvgIpc) is 2.31. The summed E-state index contributed by atoms with van der Waals surface area (Å²) in [5.74, 6) is 2.74. The van der Waals surface area contributed by atoms with Crippen LogP contribution in [0.1, 0.15) is 92.4 Å². The first-order valence-corrected chi connectivity index (χ1v) is 8.13. The molecule has 0 rings (SSSR count). The summed E-state index contributed by atoms with van der Waals surface area (Å²) in [7, 11) is 0. The SMILES string of the molecule is CCCCCCCCC(CCC)C(C)C(C)C. The average molecular weight is 240 g/mol. The fourth-order valence-corrected chi connectivity index (χ4v) is 2.77. The maximum atomic E-state index is 2.46. The molecular weight excluding hydrogens is 204 g/mol. The summed E-state index contributed by atoms with van der Waals surface area (Å²) >= 11 is 0. The molecule has 0 heterocycles. The third-order valence-electron chi connectivity index (χ3n) is 4.38. The summed E-state index contributed by atoms with van der Waals surface area (Å²) in [6.45, 7) is 11.9. The van der Waals surface area contributed by atoms with E-state index in [0.717, 1.165) is 17.8 Å². The second kappa shape index (κ2) is 11.1. The summed E-state index contributed by atoms with van der Waals surface area (Å²) in [6.07, 6.45) is 12.9. The van der Waals surface area contributed by atoms with Gasteiger partial charge in [0.05, 0.1) is 0 Å². The predicted molar refractivity (Wildman–Crippen MR) is 80.4 cm³/mol. The van der Waals surface area contributed by atoms with E-state index >= 15 is 0 Å². The molecule has 104 valence electrons. The van der Waals surface area contributed by atoms with E-state index < -0.39 is 0 Å². The highest BCUT2D eigenvalue weighted by molar-refractivity contribution is 4.69. The quantitative estimate of drug-likeness (QED) is 0.364. The normalized spacial score (nSPS) is 15.2. The van der Waals surface area contributed by atoms with Gasteiger partial charge in [-0.2, -0.15) is 0 Å². The highest BCUT2D eigenvalue weighted by Crippen LogP contribution is 2.29. The van der Waals surface area contributed by atoms with Crippen LogP contribution in [0.2, 0.25) is 0 Å². The van der Waals surface area contributed by atoms with E-state index in [9.17, 15) is 0 Å². The van der Waals surface area contributed by atoms with E-state index in [1.165, 1.54) is 57.8 Å². The summed E-state index contributed by atoms with van der Waals surface area (Å²) in [5.41, 5.74) is 0. The molecular formula is C17H36. The van der Waals surface area contributed by atoms with E-state index in [2.05, 4.69) is 34.6 Å². The molecule has 0 aromatic carbocycles. The Balaban J connectivity index is 3.70. The van der Waals surface area contributed by atoms with Gasteiger partial charge in [0, 0.05) is 0 Å². The summed E-state index contributed by atoms with van der Waals surface area (Å²) in [6, 6.07) is 0. The van der Waals surface area contributed by atoms with Crippen LogP contribution in [0.4, 0.5) is 0 Å². The highest BCUT2D eigenvalue weighted by Gasteiger charge is 2.18. The number of unbranched alkanes of at least 4 members (excludes halogenated alkanes) is 5. The van der Waals surface area contributed by atoms with Crippen molar-refractivity contribution in [3.05, 3.63) is 0 Å². The molecule has 0 bridgehead atoms. The van der Waals surface area contributed by atoms with E-state index in [-0.39, 0.29) is 0 Å². The molecule has 0 saturated heterocycles. The Bertz CT molecular complexity index is 148. The second-order valence-electron chi connectivity index (χ2n) is 6.21. The van der Waals surface area contributed by atoms with Gasteiger partial charge >= 0.3 is 0 Å². The Kier molecular flexibility index (Phi) is 11.1. The van der Waals surface area contributed by atoms with Gasteiger partial charge in [0.15, 0.2) is 0 Å². The lowest BCUT2D eigenvalue weighted by atomic mass is 9.79. The van der Waals surface area contributed by atoms with E-state index in [4.69, 9.17) is 0 Å². The van der Waals surface area contributed by atoms with Crippen LogP contribution in [-0.2, 0) is 0 Å². The second-order valence-corrected chi connectivity index (χ2v) is 6.21. The van der Waals surface area contributed by atoms with E-state index in [1.54, 1.807) is 0 Å². The Morgan fingerprint density at radius 3 is 1.76 bits per heavy atom. The maximum Gasteiger partial charge on any atom is -0.0386 e. The van der Waals surface area contributed by atoms with Crippen LogP contribution in [0.5, 0.6) is 0 Å². The summed E-state index contributed by atoms with van der Waals surface area (Å²) < 4.78 is 0. The Morgan fingerprint density at radius 2 is 1.24 bits per heavy atom. The van der Waals surface area contributed by atoms with Gasteiger partial charge in [0.2, 0.25) is 0 Å². The molecule has 0 aromatic rings. The van der Waals surface area contributed by atoms with Gasteiger partial charge in [-0.15, -0.1) is 0 Å². The summed E-state index contributed by atoms with van der Waals surface area (Å²) in [5, 5.41) is 0. The van der Waals surface area contributed by atoms with Crippen molar-refractivity contribution in [2.45, 2.75) is 92.4 Å². The zero-order chi connectivity index (χ0) is 13.1. The lowest BCUT2D eigenvalue weighted by molar-refractivity contribution is 0.240. The fourth-order valence-electron chi connectivity index (χ4n) is 2.77. The van der Waals surface area contributed by atoms with Crippen LogP contribution in [-0.4, -0.2) is 0 Å². The van der Waals surface area contributed by atoms with Crippen molar-refractivity contribution in [1.82, 2.24) is 0 Å². The van der Waals surface area contributed by atoms with Crippen LogP contribution < -0.4 is 0 Å². The third kappa shape index (κ3) is 8.69. The Morgan fingerprint density at radius 1 is 0.647 bits per heavy atom. The maximum absolute atomic E-state index is 2.46. The lowest BCUT2D eigenvalue weighted by Gasteiger charge is -2.26. The van der Waals surface area contributed by atoms with Gasteiger partial charge in [0.1, 0.15) is 0 Å². The van der Waals surface area contributed by atoms with Crippen molar-refractivity contribution in [3.8, 4) is 0 Å². The van der Waals surface area contributed by atoms with Crippen LogP contribution in [0.25, 0.3) is 0 Å². The van der Waals surface area contributed by atoms with Crippen LogP contribution in [0.3, 0.4) is 0 Å². The molecule has 0 aliphatic rings. The number of hydrogen-bond donors (Lipinski definition) is 0. The standard InChI is InChI=1S/C17H36/c1-6-8-9-10-11-12-14-17(13-7-2)16(5)15(3)4/h15-17H,6-14H2,1-5H3. The molecule has 0 aliphatic carbocycles. The zero-order valence-corrected chi connectivity index (χ0v) is 13.1. The molecule has 0 N–H and O–H groups in total. The van der Waals surface area contributed by atoms with Gasteiger partial charge in [-0.05, 0) is 17.8 Å². The van der Waals surface area contributed by atoms with E-state index in [1.807, 2.05) is 0 Å². The van der Waals surface area contributed by atoms with E-state index in [0.29, 0.717) is 0 Å². The van der Waals surface area contributed by atoms with Crippen molar-refractivity contribution in [2.75, 3.05) is 0 Å². The minimum Gasteiger partial charge on any atom is -0.0654 e. The minimum absolute atomic E-state index is 0.853. The first-order valence-electron chi connectivity index (χ1n) is 8.13. The molecule has 0 radical (unpaired) electrons. The van der Waals surface area contributed by atoms with Crippen LogP contribution in [0.15, 0.2) is 0 Å². The zero-order valence-electron chi connectivity index (χ0n) is 13.1. The van der Waals surface area contributed by atoms with Crippen molar-refractivity contribution in [3.63, 3.8) is 0 Å². The van der Waals surface area contributed by atoms with Gasteiger partial charge in [-0.1, -0.05) is 92.4 Å². The molecule has 2 unspecified atom stereocenters. The molecule has 2 atom stereocenters. The first kappa shape index (κ1) is 17.0. The molecule has 0 spiro atoms. The first-order chi connectivity index (χ1) is 8.13. The Hall–Kier alpha value is 0. The topological polar surface area (TPSA) is 0 Å². The predicted octanol–water partition coefficient (Wildman–Crippen LogP) is 6.45. The molecule has 0 amide bonds. The molecule has 0 fully saturated rings. The molecule has 0 nitrogen and oxygen atoms in total. The van der Waals surface area contributed by atoms with Crippen molar-refractivity contribution in [2.24, 2.45) is 17.8 Å². The van der Waals surface area contributed by atoms with Crippen molar-refractivity contribution < 1.29 is 0 Å². The highest BCUT2D eigenvalue weighted by atomic mass is 14.2. The summed E-state index contributed by atoms with van der Waals surface area (Å²) in [4.78, 5) is 0. The molecule has 0 saturated carbocycles. The van der Waals surface area contributed by atoms with Gasteiger partial charge in [-0.3, -0.25) is 0 Å². The molecule has 0 aliphatic heterocycles. The minimum atomic E-state index is 0.853. The monoisotopic (exact) mass is 240 g/mol. The number of hydrogen-bond acceptors (Lipinski definition) is 0. The van der Waals surface area contributed by atoms with Gasteiger partial charge in [-0.25, -0.2) is 0 Å².